The van der Waals surface area contributed by atoms with Crippen LogP contribution in [0.1, 0.15) is 38.2 Å². The van der Waals surface area contributed by atoms with Crippen LogP contribution in [0.15, 0.2) is 18.2 Å². The number of hydrogen-bond acceptors (Lipinski definition) is 1. The molecule has 2 rings (SSSR count). The molecule has 1 saturated carbocycles. The van der Waals surface area contributed by atoms with Crippen LogP contribution in [0.25, 0.3) is 0 Å². The molecular formula is C15H22FN. The molecule has 1 aromatic rings. The van der Waals surface area contributed by atoms with Gasteiger partial charge in [-0.25, -0.2) is 4.39 Å². The Kier molecular flexibility index (Phi) is 4.03. The molecule has 2 heteroatoms. The van der Waals surface area contributed by atoms with Crippen molar-refractivity contribution >= 4 is 5.69 Å². The Morgan fingerprint density at radius 2 is 2.18 bits per heavy atom. The van der Waals surface area contributed by atoms with Crippen LogP contribution in [0.3, 0.4) is 0 Å². The SMILES string of the molecule is Cc1ccc(NCC2CCCC(C)C2)c(F)c1. The molecule has 0 heterocycles. The van der Waals surface area contributed by atoms with Crippen molar-refractivity contribution in [3.63, 3.8) is 0 Å². The minimum atomic E-state index is -0.131. The van der Waals surface area contributed by atoms with Crippen LogP contribution in [0.2, 0.25) is 0 Å². The van der Waals surface area contributed by atoms with Crippen LogP contribution in [-0.4, -0.2) is 6.54 Å². The largest absolute Gasteiger partial charge is 0.382 e. The predicted octanol–water partition coefficient (Wildman–Crippen LogP) is 4.37. The van der Waals surface area contributed by atoms with Gasteiger partial charge in [0.1, 0.15) is 5.82 Å². The lowest BCUT2D eigenvalue weighted by Crippen LogP contribution is -2.21. The summed E-state index contributed by atoms with van der Waals surface area (Å²) in [5.41, 5.74) is 1.62. The van der Waals surface area contributed by atoms with E-state index in [9.17, 15) is 4.39 Å². The maximum absolute atomic E-state index is 13.6. The predicted molar refractivity (Wildman–Crippen MR) is 70.7 cm³/mol. The van der Waals surface area contributed by atoms with Crippen LogP contribution in [0.5, 0.6) is 0 Å². The molecule has 0 aromatic heterocycles. The van der Waals surface area contributed by atoms with Crippen molar-refractivity contribution in [3.8, 4) is 0 Å². The standard InChI is InChI=1S/C15H22FN/c1-11-4-3-5-13(8-11)10-17-15-7-6-12(2)9-14(15)16/h6-7,9,11,13,17H,3-5,8,10H2,1-2H3. The van der Waals surface area contributed by atoms with Crippen LogP contribution in [0.4, 0.5) is 10.1 Å². The third-order valence-corrected chi connectivity index (χ3v) is 3.75. The van der Waals surface area contributed by atoms with Gasteiger partial charge in [-0.3, -0.25) is 0 Å². The van der Waals surface area contributed by atoms with E-state index >= 15 is 0 Å². The van der Waals surface area contributed by atoms with Gasteiger partial charge in [0.25, 0.3) is 0 Å². The third-order valence-electron chi connectivity index (χ3n) is 3.75. The molecule has 1 aliphatic carbocycles. The summed E-state index contributed by atoms with van der Waals surface area (Å²) in [6.07, 6.45) is 5.24. The first-order valence-corrected chi connectivity index (χ1v) is 6.65. The number of rotatable bonds is 3. The Morgan fingerprint density at radius 1 is 1.35 bits per heavy atom. The zero-order valence-corrected chi connectivity index (χ0v) is 10.8. The minimum Gasteiger partial charge on any atom is -0.382 e. The molecule has 94 valence electrons. The maximum Gasteiger partial charge on any atom is 0.146 e. The van der Waals surface area contributed by atoms with Crippen molar-refractivity contribution in [2.24, 2.45) is 11.8 Å². The Balaban J connectivity index is 1.88. The number of halogens is 1. The number of anilines is 1. The Morgan fingerprint density at radius 3 is 2.88 bits per heavy atom. The smallest absolute Gasteiger partial charge is 0.146 e. The molecule has 0 amide bonds. The Bertz CT molecular complexity index is 375. The van der Waals surface area contributed by atoms with Gasteiger partial charge in [0.2, 0.25) is 0 Å². The molecule has 1 aromatic carbocycles. The second-order valence-electron chi connectivity index (χ2n) is 5.50. The number of nitrogens with one attached hydrogen (secondary N) is 1. The molecule has 1 nitrogen and oxygen atoms in total. The summed E-state index contributed by atoms with van der Waals surface area (Å²) in [6.45, 7) is 5.14. The molecule has 0 radical (unpaired) electrons. The highest BCUT2D eigenvalue weighted by Crippen LogP contribution is 2.29. The summed E-state index contributed by atoms with van der Waals surface area (Å²) in [5, 5.41) is 3.26. The molecule has 2 unspecified atom stereocenters. The van der Waals surface area contributed by atoms with Gasteiger partial charge in [0, 0.05) is 6.54 Å². The lowest BCUT2D eigenvalue weighted by atomic mass is 9.82. The van der Waals surface area contributed by atoms with Gasteiger partial charge in [-0.05, 0) is 49.3 Å². The van der Waals surface area contributed by atoms with E-state index in [4.69, 9.17) is 0 Å². The molecule has 17 heavy (non-hydrogen) atoms. The van der Waals surface area contributed by atoms with Crippen molar-refractivity contribution in [1.82, 2.24) is 0 Å². The van der Waals surface area contributed by atoms with Crippen molar-refractivity contribution in [3.05, 3.63) is 29.6 Å². The van der Waals surface area contributed by atoms with Crippen molar-refractivity contribution < 1.29 is 4.39 Å². The molecule has 0 aliphatic heterocycles. The topological polar surface area (TPSA) is 12.0 Å². The van der Waals surface area contributed by atoms with Gasteiger partial charge in [0.15, 0.2) is 0 Å². The fourth-order valence-corrected chi connectivity index (χ4v) is 2.76. The van der Waals surface area contributed by atoms with Gasteiger partial charge < -0.3 is 5.32 Å². The van der Waals surface area contributed by atoms with E-state index in [-0.39, 0.29) is 5.82 Å². The van der Waals surface area contributed by atoms with Crippen LogP contribution in [-0.2, 0) is 0 Å². The lowest BCUT2D eigenvalue weighted by molar-refractivity contribution is 0.293. The van der Waals surface area contributed by atoms with Gasteiger partial charge in [0.05, 0.1) is 5.69 Å². The fourth-order valence-electron chi connectivity index (χ4n) is 2.76. The van der Waals surface area contributed by atoms with E-state index in [1.165, 1.54) is 25.7 Å². The van der Waals surface area contributed by atoms with Crippen molar-refractivity contribution in [1.29, 1.82) is 0 Å². The number of benzene rings is 1. The van der Waals surface area contributed by atoms with E-state index in [0.29, 0.717) is 11.6 Å². The van der Waals surface area contributed by atoms with E-state index in [1.54, 1.807) is 6.07 Å². The van der Waals surface area contributed by atoms with E-state index in [1.807, 2.05) is 19.1 Å². The average molecular weight is 235 g/mol. The molecule has 1 N–H and O–H groups in total. The van der Waals surface area contributed by atoms with Crippen molar-refractivity contribution in [2.45, 2.75) is 39.5 Å². The van der Waals surface area contributed by atoms with E-state index in [0.717, 1.165) is 18.0 Å². The van der Waals surface area contributed by atoms with Crippen LogP contribution in [0, 0.1) is 24.6 Å². The second kappa shape index (κ2) is 5.52. The molecule has 1 fully saturated rings. The first kappa shape index (κ1) is 12.4. The van der Waals surface area contributed by atoms with E-state index in [2.05, 4.69) is 12.2 Å². The third kappa shape index (κ3) is 3.45. The zero-order valence-electron chi connectivity index (χ0n) is 10.8. The summed E-state index contributed by atoms with van der Waals surface area (Å²) >= 11 is 0. The number of hydrogen-bond donors (Lipinski definition) is 1. The second-order valence-corrected chi connectivity index (χ2v) is 5.50. The summed E-state index contributed by atoms with van der Waals surface area (Å²) in [6, 6.07) is 5.39. The molecule has 0 bridgehead atoms. The van der Waals surface area contributed by atoms with Crippen molar-refractivity contribution in [2.75, 3.05) is 11.9 Å². The van der Waals surface area contributed by atoms with E-state index < -0.39 is 0 Å². The van der Waals surface area contributed by atoms with Gasteiger partial charge >= 0.3 is 0 Å². The monoisotopic (exact) mass is 235 g/mol. The van der Waals surface area contributed by atoms with Crippen LogP contribution >= 0.6 is 0 Å². The first-order chi connectivity index (χ1) is 8.15. The van der Waals surface area contributed by atoms with Crippen LogP contribution < -0.4 is 5.32 Å². The highest BCUT2D eigenvalue weighted by atomic mass is 19.1. The van der Waals surface area contributed by atoms with Gasteiger partial charge in [-0.15, -0.1) is 0 Å². The van der Waals surface area contributed by atoms with Gasteiger partial charge in [-0.2, -0.15) is 0 Å². The summed E-state index contributed by atoms with van der Waals surface area (Å²) in [4.78, 5) is 0. The summed E-state index contributed by atoms with van der Waals surface area (Å²) in [5.74, 6) is 1.41. The Hall–Kier alpha value is -1.05. The average Bonchev–Trinajstić information content (AvgIpc) is 2.28. The zero-order chi connectivity index (χ0) is 12.3. The lowest BCUT2D eigenvalue weighted by Gasteiger charge is -2.27. The highest BCUT2D eigenvalue weighted by molar-refractivity contribution is 5.46. The Labute approximate surface area is 103 Å². The minimum absolute atomic E-state index is 0.131. The molecule has 1 aliphatic rings. The molecule has 0 saturated heterocycles. The maximum atomic E-state index is 13.6. The number of aryl methyl sites for hydroxylation is 1. The summed E-state index contributed by atoms with van der Waals surface area (Å²) < 4.78 is 13.6. The molecule has 0 spiro atoms. The first-order valence-electron chi connectivity index (χ1n) is 6.65. The summed E-state index contributed by atoms with van der Waals surface area (Å²) in [7, 11) is 0. The fraction of sp³-hybridized carbons (Fsp3) is 0.600. The van der Waals surface area contributed by atoms with Gasteiger partial charge in [-0.1, -0.05) is 25.8 Å². The highest BCUT2D eigenvalue weighted by Gasteiger charge is 2.18. The normalized spacial score (nSPS) is 24.6. The molecular weight excluding hydrogens is 213 g/mol. The molecule has 2 atom stereocenters. The quantitative estimate of drug-likeness (QED) is 0.820.